The summed E-state index contributed by atoms with van der Waals surface area (Å²) in [6.45, 7) is 0.635. The Labute approximate surface area is 98.2 Å². The van der Waals surface area contributed by atoms with Gasteiger partial charge in [-0.2, -0.15) is 0 Å². The van der Waals surface area contributed by atoms with Gasteiger partial charge in [-0.3, -0.25) is 4.99 Å². The summed E-state index contributed by atoms with van der Waals surface area (Å²) in [7, 11) is 3.17. The molecule has 1 rings (SSSR count). The lowest BCUT2D eigenvalue weighted by Crippen LogP contribution is -2.14. The monoisotopic (exact) mass is 271 g/mol. The molecular weight excluding hydrogens is 258 g/mol. The normalized spacial score (nSPS) is 11.5. The van der Waals surface area contributed by atoms with E-state index in [0.717, 1.165) is 10.0 Å². The maximum Gasteiger partial charge on any atom is 0.193 e. The van der Waals surface area contributed by atoms with Crippen LogP contribution in [0.4, 0.5) is 0 Å². The molecule has 1 aromatic carbocycles. The van der Waals surface area contributed by atoms with E-state index < -0.39 is 0 Å². The summed E-state index contributed by atoms with van der Waals surface area (Å²) in [5.41, 5.74) is 1.15. The minimum absolute atomic E-state index is 0.361. The second kappa shape index (κ2) is 6.71. The molecule has 0 saturated heterocycles. The maximum atomic E-state index is 4.98. The van der Waals surface area contributed by atoms with Crippen LogP contribution in [0.2, 0.25) is 0 Å². The van der Waals surface area contributed by atoms with E-state index >= 15 is 0 Å². The van der Waals surface area contributed by atoms with Gasteiger partial charge in [-0.05, 0) is 17.7 Å². The molecule has 0 aromatic heterocycles. The van der Waals surface area contributed by atoms with Crippen molar-refractivity contribution in [3.8, 4) is 0 Å². The molecule has 3 nitrogen and oxygen atoms in total. The number of nitrogens with zero attached hydrogens (tertiary/aromatic N) is 1. The average molecular weight is 272 g/mol. The molecule has 82 valence electrons. The quantitative estimate of drug-likeness (QED) is 0.609. The third-order valence-corrected chi connectivity index (χ3v) is 2.41. The molecule has 4 heteroatoms. The molecule has 0 spiro atoms. The summed E-state index contributed by atoms with van der Waals surface area (Å²) in [5.74, 6) is 0. The lowest BCUT2D eigenvalue weighted by molar-refractivity contribution is -0.0485. The first kappa shape index (κ1) is 12.4. The topological polar surface area (TPSA) is 30.8 Å². The molecule has 0 aliphatic rings. The molecule has 0 unspecified atom stereocenters. The number of halogens is 1. The van der Waals surface area contributed by atoms with Crippen molar-refractivity contribution in [3.05, 3.63) is 34.3 Å². The van der Waals surface area contributed by atoms with Gasteiger partial charge in [0.1, 0.15) is 0 Å². The molecule has 0 aliphatic heterocycles. The largest absolute Gasteiger partial charge is 0.351 e. The minimum atomic E-state index is -0.361. The standard InChI is InChI=1S/C11H14BrNO2/c1-14-11(15-2)8-13-7-9-3-5-10(12)6-4-9/h3-6,8,11H,7H2,1-2H3. The summed E-state index contributed by atoms with van der Waals surface area (Å²) < 4.78 is 11.0. The van der Waals surface area contributed by atoms with Crippen molar-refractivity contribution in [1.29, 1.82) is 0 Å². The summed E-state index contributed by atoms with van der Waals surface area (Å²) in [6.07, 6.45) is 1.29. The van der Waals surface area contributed by atoms with Gasteiger partial charge in [-0.1, -0.05) is 28.1 Å². The van der Waals surface area contributed by atoms with E-state index in [9.17, 15) is 0 Å². The van der Waals surface area contributed by atoms with Crippen molar-refractivity contribution in [2.45, 2.75) is 12.8 Å². The van der Waals surface area contributed by atoms with Gasteiger partial charge in [0.25, 0.3) is 0 Å². The number of hydrogen-bond donors (Lipinski definition) is 0. The fourth-order valence-electron chi connectivity index (χ4n) is 1.05. The van der Waals surface area contributed by atoms with Crippen molar-refractivity contribution in [3.63, 3.8) is 0 Å². The fourth-order valence-corrected chi connectivity index (χ4v) is 1.32. The zero-order valence-corrected chi connectivity index (χ0v) is 10.4. The van der Waals surface area contributed by atoms with E-state index in [1.54, 1.807) is 20.4 Å². The van der Waals surface area contributed by atoms with Crippen LogP contribution in [-0.4, -0.2) is 26.7 Å². The number of rotatable bonds is 5. The summed E-state index contributed by atoms with van der Waals surface area (Å²) >= 11 is 3.38. The first-order chi connectivity index (χ1) is 7.26. The summed E-state index contributed by atoms with van der Waals surface area (Å²) in [5, 5.41) is 0. The van der Waals surface area contributed by atoms with Crippen molar-refractivity contribution >= 4 is 22.1 Å². The molecule has 1 aromatic rings. The van der Waals surface area contributed by atoms with Crippen LogP contribution in [0.5, 0.6) is 0 Å². The van der Waals surface area contributed by atoms with Gasteiger partial charge >= 0.3 is 0 Å². The van der Waals surface area contributed by atoms with Gasteiger partial charge in [0.05, 0.1) is 12.8 Å². The van der Waals surface area contributed by atoms with Crippen molar-refractivity contribution in [1.82, 2.24) is 0 Å². The van der Waals surface area contributed by atoms with E-state index in [1.165, 1.54) is 0 Å². The van der Waals surface area contributed by atoms with Crippen LogP contribution in [0.25, 0.3) is 0 Å². The predicted molar refractivity (Wildman–Crippen MR) is 64.1 cm³/mol. The first-order valence-electron chi connectivity index (χ1n) is 4.56. The Morgan fingerprint density at radius 1 is 1.27 bits per heavy atom. The minimum Gasteiger partial charge on any atom is -0.351 e. The van der Waals surface area contributed by atoms with E-state index in [4.69, 9.17) is 9.47 Å². The average Bonchev–Trinajstić information content (AvgIpc) is 2.27. The molecular formula is C11H14BrNO2. The molecule has 0 atom stereocenters. The van der Waals surface area contributed by atoms with Gasteiger partial charge in [-0.25, -0.2) is 0 Å². The van der Waals surface area contributed by atoms with Crippen LogP contribution in [0.15, 0.2) is 33.7 Å². The van der Waals surface area contributed by atoms with Crippen LogP contribution < -0.4 is 0 Å². The van der Waals surface area contributed by atoms with Gasteiger partial charge in [0.15, 0.2) is 6.29 Å². The van der Waals surface area contributed by atoms with E-state index in [0.29, 0.717) is 6.54 Å². The number of ether oxygens (including phenoxy) is 2. The molecule has 0 N–H and O–H groups in total. The van der Waals surface area contributed by atoms with Crippen LogP contribution in [0, 0.1) is 0 Å². The molecule has 0 amide bonds. The second-order valence-electron chi connectivity index (χ2n) is 2.96. The summed E-state index contributed by atoms with van der Waals surface area (Å²) in [4.78, 5) is 4.22. The molecule has 0 radical (unpaired) electrons. The number of benzene rings is 1. The Hall–Kier alpha value is -0.710. The Morgan fingerprint density at radius 2 is 1.87 bits per heavy atom. The SMILES string of the molecule is COC(C=NCc1ccc(Br)cc1)OC. The van der Waals surface area contributed by atoms with E-state index in [-0.39, 0.29) is 6.29 Å². The third kappa shape index (κ3) is 4.55. The lowest BCUT2D eigenvalue weighted by Gasteiger charge is -2.06. The molecule has 0 fully saturated rings. The van der Waals surface area contributed by atoms with Crippen LogP contribution in [0.3, 0.4) is 0 Å². The van der Waals surface area contributed by atoms with Gasteiger partial charge in [0.2, 0.25) is 0 Å². The number of aliphatic imine (C=N–C) groups is 1. The highest BCUT2D eigenvalue weighted by Crippen LogP contribution is 2.10. The highest BCUT2D eigenvalue weighted by Gasteiger charge is 1.98. The van der Waals surface area contributed by atoms with E-state index in [2.05, 4.69) is 20.9 Å². The highest BCUT2D eigenvalue weighted by molar-refractivity contribution is 9.10. The summed E-state index contributed by atoms with van der Waals surface area (Å²) in [6, 6.07) is 8.04. The van der Waals surface area contributed by atoms with E-state index in [1.807, 2.05) is 24.3 Å². The molecule has 0 heterocycles. The van der Waals surface area contributed by atoms with Crippen LogP contribution in [-0.2, 0) is 16.0 Å². The molecule has 0 saturated carbocycles. The zero-order chi connectivity index (χ0) is 11.1. The lowest BCUT2D eigenvalue weighted by atomic mass is 10.2. The van der Waals surface area contributed by atoms with Gasteiger partial charge in [-0.15, -0.1) is 0 Å². The Balaban J connectivity index is 2.46. The van der Waals surface area contributed by atoms with Crippen molar-refractivity contribution < 1.29 is 9.47 Å². The smallest absolute Gasteiger partial charge is 0.193 e. The fraction of sp³-hybridized carbons (Fsp3) is 0.364. The molecule has 0 bridgehead atoms. The Kier molecular flexibility index (Phi) is 5.53. The third-order valence-electron chi connectivity index (χ3n) is 1.88. The van der Waals surface area contributed by atoms with Crippen LogP contribution in [0.1, 0.15) is 5.56 Å². The predicted octanol–water partition coefficient (Wildman–Crippen LogP) is 2.64. The first-order valence-corrected chi connectivity index (χ1v) is 5.35. The van der Waals surface area contributed by atoms with Gasteiger partial charge in [0, 0.05) is 18.7 Å². The van der Waals surface area contributed by atoms with Crippen molar-refractivity contribution in [2.24, 2.45) is 4.99 Å². The number of methoxy groups -OCH3 is 2. The highest BCUT2D eigenvalue weighted by atomic mass is 79.9. The van der Waals surface area contributed by atoms with Crippen LogP contribution >= 0.6 is 15.9 Å². The maximum absolute atomic E-state index is 4.98. The number of hydrogen-bond acceptors (Lipinski definition) is 3. The second-order valence-corrected chi connectivity index (χ2v) is 3.87. The Bertz CT molecular complexity index is 307. The molecule has 0 aliphatic carbocycles. The Morgan fingerprint density at radius 3 is 2.40 bits per heavy atom. The molecule has 15 heavy (non-hydrogen) atoms. The zero-order valence-electron chi connectivity index (χ0n) is 8.81. The van der Waals surface area contributed by atoms with Gasteiger partial charge < -0.3 is 9.47 Å². The van der Waals surface area contributed by atoms with Crippen molar-refractivity contribution in [2.75, 3.05) is 14.2 Å².